The lowest BCUT2D eigenvalue weighted by Crippen LogP contribution is -2.23. The Morgan fingerprint density at radius 1 is 1.04 bits per heavy atom. The smallest absolute Gasteiger partial charge is 0.311 e. The van der Waals surface area contributed by atoms with Crippen molar-refractivity contribution in [1.82, 2.24) is 4.90 Å². The van der Waals surface area contributed by atoms with E-state index in [4.69, 9.17) is 9.47 Å². The highest BCUT2D eigenvalue weighted by molar-refractivity contribution is 5.72. The summed E-state index contributed by atoms with van der Waals surface area (Å²) in [4.78, 5) is 23.3. The first-order valence-electron chi connectivity index (χ1n) is 7.24. The van der Waals surface area contributed by atoms with Crippen molar-refractivity contribution in [1.29, 1.82) is 0 Å². The van der Waals surface area contributed by atoms with E-state index in [1.807, 2.05) is 54.6 Å². The number of esters is 1. The van der Waals surface area contributed by atoms with Crippen LogP contribution in [0.1, 0.15) is 11.1 Å². The molecule has 0 aliphatic rings. The summed E-state index contributed by atoms with van der Waals surface area (Å²) in [5.74, 6) is 0.364. The number of carbonyl (C=O) groups excluding carboxylic acids is 2. The van der Waals surface area contributed by atoms with Crippen molar-refractivity contribution in [2.24, 2.45) is 0 Å². The summed E-state index contributed by atoms with van der Waals surface area (Å²) < 4.78 is 10.6. The van der Waals surface area contributed by atoms with Crippen LogP contribution < -0.4 is 4.74 Å². The van der Waals surface area contributed by atoms with E-state index in [2.05, 4.69) is 0 Å². The van der Waals surface area contributed by atoms with E-state index in [1.54, 1.807) is 7.05 Å². The Balaban J connectivity index is 1.80. The second-order valence-electron chi connectivity index (χ2n) is 5.10. The lowest BCUT2D eigenvalue weighted by atomic mass is 10.1. The van der Waals surface area contributed by atoms with E-state index in [-0.39, 0.29) is 19.1 Å². The van der Waals surface area contributed by atoms with Crippen LogP contribution in [0.5, 0.6) is 5.75 Å². The minimum atomic E-state index is -0.378. The van der Waals surface area contributed by atoms with Gasteiger partial charge in [0, 0.05) is 7.05 Å². The standard InChI is InChI=1S/C18H19NO4/c1-19(13-20)14-23-18(21)11-15-7-9-17(10-8-15)22-12-16-5-3-2-4-6-16/h2-10,13H,11-12,14H2,1H3. The van der Waals surface area contributed by atoms with E-state index < -0.39 is 0 Å². The van der Waals surface area contributed by atoms with Gasteiger partial charge in [0.1, 0.15) is 12.4 Å². The van der Waals surface area contributed by atoms with Gasteiger partial charge in [-0.25, -0.2) is 0 Å². The maximum absolute atomic E-state index is 11.6. The molecule has 5 nitrogen and oxygen atoms in total. The van der Waals surface area contributed by atoms with E-state index in [0.717, 1.165) is 16.9 Å². The van der Waals surface area contributed by atoms with Crippen molar-refractivity contribution < 1.29 is 19.1 Å². The number of amides is 1. The van der Waals surface area contributed by atoms with E-state index in [9.17, 15) is 9.59 Å². The van der Waals surface area contributed by atoms with Gasteiger partial charge in [-0.3, -0.25) is 9.59 Å². The zero-order chi connectivity index (χ0) is 16.5. The summed E-state index contributed by atoms with van der Waals surface area (Å²) in [6.45, 7) is 0.459. The average molecular weight is 313 g/mol. The predicted molar refractivity (Wildman–Crippen MR) is 85.7 cm³/mol. The Morgan fingerprint density at radius 3 is 2.39 bits per heavy atom. The summed E-state index contributed by atoms with van der Waals surface area (Å²) >= 11 is 0. The fraction of sp³-hybridized carbons (Fsp3) is 0.222. The summed E-state index contributed by atoms with van der Waals surface area (Å²) in [6, 6.07) is 17.2. The first-order valence-corrected chi connectivity index (χ1v) is 7.24. The molecule has 1 amide bonds. The molecule has 120 valence electrons. The SMILES string of the molecule is CN(C=O)COC(=O)Cc1ccc(OCc2ccccc2)cc1. The van der Waals surface area contributed by atoms with Crippen LogP contribution >= 0.6 is 0 Å². The lowest BCUT2D eigenvalue weighted by Gasteiger charge is -2.11. The highest BCUT2D eigenvalue weighted by Gasteiger charge is 2.06. The van der Waals surface area contributed by atoms with E-state index in [0.29, 0.717) is 13.0 Å². The summed E-state index contributed by atoms with van der Waals surface area (Å²) in [6.07, 6.45) is 0.762. The third-order valence-corrected chi connectivity index (χ3v) is 3.13. The molecule has 0 spiro atoms. The van der Waals surface area contributed by atoms with Gasteiger partial charge in [0.25, 0.3) is 0 Å². The van der Waals surface area contributed by atoms with Crippen molar-refractivity contribution in [3.05, 3.63) is 65.7 Å². The molecule has 0 saturated carbocycles. The third kappa shape index (κ3) is 5.82. The van der Waals surface area contributed by atoms with Crippen LogP contribution in [0.2, 0.25) is 0 Å². The summed E-state index contributed by atoms with van der Waals surface area (Å²) in [7, 11) is 1.54. The fourth-order valence-electron chi connectivity index (χ4n) is 1.87. The molecule has 0 aliphatic carbocycles. The number of benzene rings is 2. The van der Waals surface area contributed by atoms with Crippen LogP contribution in [0, 0.1) is 0 Å². The molecule has 0 heterocycles. The summed E-state index contributed by atoms with van der Waals surface area (Å²) in [5.41, 5.74) is 1.93. The highest BCUT2D eigenvalue weighted by Crippen LogP contribution is 2.15. The molecule has 23 heavy (non-hydrogen) atoms. The molecular formula is C18H19NO4. The highest BCUT2D eigenvalue weighted by atomic mass is 16.5. The molecule has 0 saturated heterocycles. The van der Waals surface area contributed by atoms with Crippen LogP contribution in [0.3, 0.4) is 0 Å². The molecule has 0 N–H and O–H groups in total. The number of carbonyl (C=O) groups is 2. The second kappa shape index (κ2) is 8.58. The maximum atomic E-state index is 11.6. The lowest BCUT2D eigenvalue weighted by molar-refractivity contribution is -0.148. The van der Waals surface area contributed by atoms with Crippen molar-refractivity contribution in [3.8, 4) is 5.75 Å². The van der Waals surface area contributed by atoms with E-state index in [1.165, 1.54) is 4.90 Å². The normalized spacial score (nSPS) is 9.96. The van der Waals surface area contributed by atoms with Gasteiger partial charge in [0.05, 0.1) is 6.42 Å². The van der Waals surface area contributed by atoms with Gasteiger partial charge in [-0.1, -0.05) is 42.5 Å². The molecule has 0 aliphatic heterocycles. The quantitative estimate of drug-likeness (QED) is 0.426. The second-order valence-corrected chi connectivity index (χ2v) is 5.10. The minimum Gasteiger partial charge on any atom is -0.489 e. The van der Waals surface area contributed by atoms with Gasteiger partial charge >= 0.3 is 5.97 Å². The van der Waals surface area contributed by atoms with Gasteiger partial charge in [-0.2, -0.15) is 0 Å². The molecule has 5 heteroatoms. The number of rotatable bonds is 8. The van der Waals surface area contributed by atoms with Gasteiger partial charge in [-0.05, 0) is 23.3 Å². The number of nitrogens with zero attached hydrogens (tertiary/aromatic N) is 1. The number of ether oxygens (including phenoxy) is 2. The van der Waals surface area contributed by atoms with Crippen molar-refractivity contribution in [2.75, 3.05) is 13.8 Å². The minimum absolute atomic E-state index is 0.0411. The van der Waals surface area contributed by atoms with E-state index >= 15 is 0 Å². The molecule has 0 atom stereocenters. The zero-order valence-electron chi connectivity index (χ0n) is 13.0. The van der Waals surface area contributed by atoms with Gasteiger partial charge < -0.3 is 14.4 Å². The van der Waals surface area contributed by atoms with Crippen molar-refractivity contribution >= 4 is 12.4 Å². The van der Waals surface area contributed by atoms with Gasteiger partial charge in [0.15, 0.2) is 6.73 Å². The molecule has 0 radical (unpaired) electrons. The molecule has 0 bridgehead atoms. The Kier molecular flexibility index (Phi) is 6.17. The monoisotopic (exact) mass is 313 g/mol. The molecule has 0 aromatic heterocycles. The Bertz CT molecular complexity index is 625. The predicted octanol–water partition coefficient (Wildman–Crippen LogP) is 2.40. The first kappa shape index (κ1) is 16.5. The van der Waals surface area contributed by atoms with Crippen LogP contribution in [0.25, 0.3) is 0 Å². The Hall–Kier alpha value is -2.82. The van der Waals surface area contributed by atoms with Crippen LogP contribution in [0.4, 0.5) is 0 Å². The third-order valence-electron chi connectivity index (χ3n) is 3.13. The average Bonchev–Trinajstić information content (AvgIpc) is 2.60. The molecule has 2 aromatic carbocycles. The van der Waals surface area contributed by atoms with Crippen LogP contribution in [0.15, 0.2) is 54.6 Å². The molecular weight excluding hydrogens is 294 g/mol. The van der Waals surface area contributed by atoms with Gasteiger partial charge in [-0.15, -0.1) is 0 Å². The largest absolute Gasteiger partial charge is 0.489 e. The van der Waals surface area contributed by atoms with Crippen LogP contribution in [-0.4, -0.2) is 31.1 Å². The fourth-order valence-corrected chi connectivity index (χ4v) is 1.87. The van der Waals surface area contributed by atoms with Crippen molar-refractivity contribution in [3.63, 3.8) is 0 Å². The number of hydrogen-bond donors (Lipinski definition) is 0. The molecule has 0 fully saturated rings. The Labute approximate surface area is 135 Å². The molecule has 2 rings (SSSR count). The maximum Gasteiger partial charge on any atom is 0.311 e. The topological polar surface area (TPSA) is 55.8 Å². The molecule has 2 aromatic rings. The Morgan fingerprint density at radius 2 is 1.74 bits per heavy atom. The zero-order valence-corrected chi connectivity index (χ0v) is 13.0. The summed E-state index contributed by atoms with van der Waals surface area (Å²) in [5, 5.41) is 0. The van der Waals surface area contributed by atoms with Gasteiger partial charge in [0.2, 0.25) is 6.41 Å². The number of hydrogen-bond acceptors (Lipinski definition) is 4. The van der Waals surface area contributed by atoms with Crippen molar-refractivity contribution in [2.45, 2.75) is 13.0 Å². The first-order chi connectivity index (χ1) is 11.2. The van der Waals surface area contributed by atoms with Crippen LogP contribution in [-0.2, 0) is 27.4 Å². The molecule has 0 unspecified atom stereocenters.